The molecule has 158 valence electrons. The molecule has 5 rings (SSSR count). The van der Waals surface area contributed by atoms with Crippen molar-refractivity contribution in [3.8, 4) is 17.1 Å². The maximum atomic E-state index is 12.8. The molecule has 1 saturated heterocycles. The number of nitrogens with zero attached hydrogens (tertiary/aromatic N) is 4. The lowest BCUT2D eigenvalue weighted by atomic mass is 10.0. The van der Waals surface area contributed by atoms with E-state index in [-0.39, 0.29) is 5.91 Å². The SMILES string of the molecule is CC1CCCN(C(=O)CSc2nnc(-c3c[nH]c4ccccc34)n2-c2ccccc2)C1. The Morgan fingerprint density at radius 3 is 2.77 bits per heavy atom. The first-order chi connectivity index (χ1) is 15.2. The standard InChI is InChI=1S/C24H25N5OS/c1-17-8-7-13-28(15-17)22(30)16-31-24-27-26-23(29(24)18-9-3-2-4-10-18)20-14-25-21-12-6-5-11-19(20)21/h2-6,9-12,14,17,25H,7-8,13,15-16H2,1H3. The monoisotopic (exact) mass is 431 g/mol. The normalized spacial score (nSPS) is 16.7. The van der Waals surface area contributed by atoms with Crippen LogP contribution in [0.15, 0.2) is 66.0 Å². The van der Waals surface area contributed by atoms with Crippen molar-refractivity contribution in [2.75, 3.05) is 18.8 Å². The van der Waals surface area contributed by atoms with Gasteiger partial charge in [0.1, 0.15) is 0 Å². The molecular weight excluding hydrogens is 406 g/mol. The lowest BCUT2D eigenvalue weighted by Gasteiger charge is -2.30. The zero-order valence-corrected chi connectivity index (χ0v) is 18.3. The molecule has 6 nitrogen and oxygen atoms in total. The van der Waals surface area contributed by atoms with E-state index in [9.17, 15) is 4.79 Å². The van der Waals surface area contributed by atoms with Gasteiger partial charge in [-0.25, -0.2) is 0 Å². The summed E-state index contributed by atoms with van der Waals surface area (Å²) < 4.78 is 2.05. The molecule has 0 aliphatic carbocycles. The minimum absolute atomic E-state index is 0.174. The fraction of sp³-hybridized carbons (Fsp3) is 0.292. The highest BCUT2D eigenvalue weighted by atomic mass is 32.2. The molecular formula is C24H25N5OS. The average molecular weight is 432 g/mol. The Morgan fingerprint density at radius 1 is 1.13 bits per heavy atom. The van der Waals surface area contributed by atoms with Crippen molar-refractivity contribution in [3.63, 3.8) is 0 Å². The number of benzene rings is 2. The zero-order chi connectivity index (χ0) is 21.2. The van der Waals surface area contributed by atoms with Crippen molar-refractivity contribution in [1.82, 2.24) is 24.6 Å². The Balaban J connectivity index is 1.48. The number of fused-ring (bicyclic) bond motifs is 1. The first-order valence-electron chi connectivity index (χ1n) is 10.7. The minimum Gasteiger partial charge on any atom is -0.360 e. The second kappa shape index (κ2) is 8.59. The third-order valence-electron chi connectivity index (χ3n) is 5.81. The molecule has 0 bridgehead atoms. The van der Waals surface area contributed by atoms with Crippen LogP contribution in [0, 0.1) is 5.92 Å². The Labute approximate surface area is 185 Å². The molecule has 1 aliphatic rings. The Hall–Kier alpha value is -3.06. The summed E-state index contributed by atoms with van der Waals surface area (Å²) >= 11 is 1.46. The van der Waals surface area contributed by atoms with Gasteiger partial charge in [0.2, 0.25) is 5.91 Å². The van der Waals surface area contributed by atoms with E-state index in [0.717, 1.165) is 52.6 Å². The number of likely N-dealkylation sites (tertiary alicyclic amines) is 1. The van der Waals surface area contributed by atoms with Gasteiger partial charge in [-0.2, -0.15) is 0 Å². The van der Waals surface area contributed by atoms with E-state index < -0.39 is 0 Å². The van der Waals surface area contributed by atoms with Crippen LogP contribution in [0.2, 0.25) is 0 Å². The summed E-state index contributed by atoms with van der Waals surface area (Å²) in [4.78, 5) is 18.1. The van der Waals surface area contributed by atoms with Crippen molar-refractivity contribution in [2.24, 2.45) is 5.92 Å². The number of hydrogen-bond acceptors (Lipinski definition) is 4. The Morgan fingerprint density at radius 2 is 1.94 bits per heavy atom. The van der Waals surface area contributed by atoms with E-state index in [0.29, 0.717) is 11.7 Å². The molecule has 31 heavy (non-hydrogen) atoms. The number of aromatic amines is 1. The van der Waals surface area contributed by atoms with Crippen LogP contribution in [0.3, 0.4) is 0 Å². The van der Waals surface area contributed by atoms with E-state index in [1.54, 1.807) is 0 Å². The Bertz CT molecular complexity index is 1200. The predicted octanol–water partition coefficient (Wildman–Crippen LogP) is 4.77. The summed E-state index contributed by atoms with van der Waals surface area (Å²) in [6.45, 7) is 3.92. The first-order valence-corrected chi connectivity index (χ1v) is 11.7. The highest BCUT2D eigenvalue weighted by molar-refractivity contribution is 7.99. The number of rotatable bonds is 5. The van der Waals surface area contributed by atoms with Gasteiger partial charge in [-0.1, -0.05) is 55.1 Å². The summed E-state index contributed by atoms with van der Waals surface area (Å²) in [5.74, 6) is 1.88. The molecule has 4 aromatic rings. The van der Waals surface area contributed by atoms with E-state index >= 15 is 0 Å². The largest absolute Gasteiger partial charge is 0.360 e. The number of H-pyrrole nitrogens is 1. The van der Waals surface area contributed by atoms with Crippen LogP contribution in [0.5, 0.6) is 0 Å². The van der Waals surface area contributed by atoms with E-state index in [1.807, 2.05) is 58.1 Å². The number of carbonyl (C=O) groups excluding carboxylic acids is 1. The molecule has 0 radical (unpaired) electrons. The summed E-state index contributed by atoms with van der Waals surface area (Å²) in [7, 11) is 0. The van der Waals surface area contributed by atoms with Gasteiger partial charge in [0.25, 0.3) is 0 Å². The average Bonchev–Trinajstić information content (AvgIpc) is 3.42. The van der Waals surface area contributed by atoms with Crippen molar-refractivity contribution >= 4 is 28.6 Å². The predicted molar refractivity (Wildman–Crippen MR) is 124 cm³/mol. The van der Waals surface area contributed by atoms with Crippen molar-refractivity contribution < 1.29 is 4.79 Å². The molecule has 1 atom stereocenters. The molecule has 0 spiro atoms. The number of thioether (sulfide) groups is 1. The quantitative estimate of drug-likeness (QED) is 0.463. The van der Waals surface area contributed by atoms with E-state index in [4.69, 9.17) is 0 Å². The molecule has 1 aliphatic heterocycles. The van der Waals surface area contributed by atoms with Crippen LogP contribution >= 0.6 is 11.8 Å². The topological polar surface area (TPSA) is 66.8 Å². The zero-order valence-electron chi connectivity index (χ0n) is 17.5. The third kappa shape index (κ3) is 3.97. The smallest absolute Gasteiger partial charge is 0.233 e. The van der Waals surface area contributed by atoms with Gasteiger partial charge in [0.05, 0.1) is 5.75 Å². The molecule has 2 aromatic carbocycles. The van der Waals surface area contributed by atoms with Gasteiger partial charge < -0.3 is 9.88 Å². The molecule has 1 unspecified atom stereocenters. The number of para-hydroxylation sites is 2. The fourth-order valence-electron chi connectivity index (χ4n) is 4.24. The van der Waals surface area contributed by atoms with Gasteiger partial charge in [-0.15, -0.1) is 10.2 Å². The molecule has 2 aromatic heterocycles. The number of carbonyl (C=O) groups is 1. The number of amides is 1. The van der Waals surface area contributed by atoms with E-state index in [2.05, 4.69) is 34.2 Å². The van der Waals surface area contributed by atoms with E-state index in [1.165, 1.54) is 18.2 Å². The maximum absolute atomic E-state index is 12.8. The summed E-state index contributed by atoms with van der Waals surface area (Å²) in [6, 6.07) is 18.3. The van der Waals surface area contributed by atoms with Crippen molar-refractivity contribution in [3.05, 3.63) is 60.8 Å². The highest BCUT2D eigenvalue weighted by Crippen LogP contribution is 2.32. The summed E-state index contributed by atoms with van der Waals surface area (Å²) in [5.41, 5.74) is 3.04. The Kier molecular flexibility index (Phi) is 5.51. The van der Waals surface area contributed by atoms with Crippen molar-refractivity contribution in [1.29, 1.82) is 0 Å². The van der Waals surface area contributed by atoms with Gasteiger partial charge in [0, 0.05) is 41.4 Å². The van der Waals surface area contributed by atoms with Crippen LogP contribution in [0.1, 0.15) is 19.8 Å². The van der Waals surface area contributed by atoms with Crippen molar-refractivity contribution in [2.45, 2.75) is 24.9 Å². The summed E-state index contributed by atoms with van der Waals surface area (Å²) in [6.07, 6.45) is 4.26. The molecule has 7 heteroatoms. The number of hydrogen-bond donors (Lipinski definition) is 1. The van der Waals surface area contributed by atoms with Crippen LogP contribution in [0.25, 0.3) is 28.0 Å². The minimum atomic E-state index is 0.174. The molecule has 0 saturated carbocycles. The van der Waals surface area contributed by atoms with Crippen LogP contribution in [0.4, 0.5) is 0 Å². The van der Waals surface area contributed by atoms with Gasteiger partial charge in [-0.3, -0.25) is 9.36 Å². The van der Waals surface area contributed by atoms with Gasteiger partial charge in [-0.05, 0) is 37.0 Å². The van der Waals surface area contributed by atoms with Crippen LogP contribution in [-0.2, 0) is 4.79 Å². The third-order valence-corrected chi connectivity index (χ3v) is 6.73. The highest BCUT2D eigenvalue weighted by Gasteiger charge is 2.23. The number of aromatic nitrogens is 4. The number of nitrogens with one attached hydrogen (secondary N) is 1. The fourth-order valence-corrected chi connectivity index (χ4v) is 5.09. The number of piperidine rings is 1. The maximum Gasteiger partial charge on any atom is 0.233 e. The molecule has 1 fully saturated rings. The van der Waals surface area contributed by atoms with Gasteiger partial charge in [0.15, 0.2) is 11.0 Å². The first kappa shape index (κ1) is 19.9. The lowest BCUT2D eigenvalue weighted by Crippen LogP contribution is -2.40. The van der Waals surface area contributed by atoms with Gasteiger partial charge >= 0.3 is 0 Å². The molecule has 3 heterocycles. The second-order valence-corrected chi connectivity index (χ2v) is 9.04. The summed E-state index contributed by atoms with van der Waals surface area (Å²) in [5, 5.41) is 10.8. The lowest BCUT2D eigenvalue weighted by molar-refractivity contribution is -0.130. The van der Waals surface area contributed by atoms with Crippen LogP contribution in [-0.4, -0.2) is 49.4 Å². The molecule has 1 amide bonds. The van der Waals surface area contributed by atoms with Crippen LogP contribution < -0.4 is 0 Å². The molecule has 1 N–H and O–H groups in total. The second-order valence-electron chi connectivity index (χ2n) is 8.10.